The zero-order valence-electron chi connectivity index (χ0n) is 8.75. The lowest BCUT2D eigenvalue weighted by Gasteiger charge is -2.10. The molecule has 0 aliphatic rings. The van der Waals surface area contributed by atoms with E-state index in [2.05, 4.69) is 15.0 Å². The van der Waals surface area contributed by atoms with E-state index >= 15 is 0 Å². The van der Waals surface area contributed by atoms with E-state index in [-0.39, 0.29) is 6.61 Å². The van der Waals surface area contributed by atoms with E-state index in [1.807, 2.05) is 23.6 Å². The van der Waals surface area contributed by atoms with Gasteiger partial charge < -0.3 is 14.6 Å². The van der Waals surface area contributed by atoms with Gasteiger partial charge in [0.25, 0.3) is 0 Å². The summed E-state index contributed by atoms with van der Waals surface area (Å²) in [5, 5.41) is 8.87. The van der Waals surface area contributed by atoms with Crippen LogP contribution in [0.3, 0.4) is 0 Å². The fraction of sp³-hybridized carbons (Fsp3) is 0.444. The van der Waals surface area contributed by atoms with Crippen LogP contribution in [0.4, 0.5) is 5.82 Å². The van der Waals surface area contributed by atoms with Gasteiger partial charge in [-0.25, -0.2) is 15.0 Å². The van der Waals surface area contributed by atoms with E-state index in [0.29, 0.717) is 6.54 Å². The highest BCUT2D eigenvalue weighted by atomic mass is 16.3. The topological polar surface area (TPSA) is 67.1 Å². The van der Waals surface area contributed by atoms with Crippen molar-refractivity contribution >= 4 is 17.0 Å². The molecule has 0 unspecified atom stereocenters. The van der Waals surface area contributed by atoms with Crippen molar-refractivity contribution in [3.8, 4) is 0 Å². The molecule has 0 amide bonds. The van der Waals surface area contributed by atoms with Crippen LogP contribution in [0.1, 0.15) is 0 Å². The molecule has 80 valence electrons. The van der Waals surface area contributed by atoms with Gasteiger partial charge in [-0.1, -0.05) is 0 Å². The standard InChI is InChI=1S/C9H13N5O/c1-13(2)8-7-9(11-5-10-8)14(3-4-15)6-12-7/h5-6,15H,3-4H2,1-2H3. The highest BCUT2D eigenvalue weighted by Gasteiger charge is 2.10. The lowest BCUT2D eigenvalue weighted by Crippen LogP contribution is -2.11. The van der Waals surface area contributed by atoms with Crippen LogP contribution in [-0.4, -0.2) is 45.3 Å². The third-order valence-corrected chi connectivity index (χ3v) is 2.15. The molecule has 0 saturated carbocycles. The van der Waals surface area contributed by atoms with Gasteiger partial charge in [-0.3, -0.25) is 0 Å². The zero-order chi connectivity index (χ0) is 10.8. The fourth-order valence-electron chi connectivity index (χ4n) is 1.47. The Bertz CT molecular complexity index is 464. The van der Waals surface area contributed by atoms with Gasteiger partial charge in [-0.05, 0) is 0 Å². The normalized spacial score (nSPS) is 10.9. The van der Waals surface area contributed by atoms with Crippen LogP contribution in [-0.2, 0) is 6.54 Å². The summed E-state index contributed by atoms with van der Waals surface area (Å²) in [6.07, 6.45) is 3.18. The monoisotopic (exact) mass is 207 g/mol. The van der Waals surface area contributed by atoms with Gasteiger partial charge in [0.15, 0.2) is 17.0 Å². The number of imidazole rings is 1. The molecule has 2 aromatic heterocycles. The van der Waals surface area contributed by atoms with Crippen LogP contribution in [0.2, 0.25) is 0 Å². The largest absolute Gasteiger partial charge is 0.395 e. The number of rotatable bonds is 3. The molecule has 0 aromatic carbocycles. The minimum Gasteiger partial charge on any atom is -0.395 e. The van der Waals surface area contributed by atoms with Crippen molar-refractivity contribution in [3.63, 3.8) is 0 Å². The van der Waals surface area contributed by atoms with Gasteiger partial charge in [-0.2, -0.15) is 0 Å². The quantitative estimate of drug-likeness (QED) is 0.760. The molecule has 6 heteroatoms. The Hall–Kier alpha value is -1.69. The second-order valence-corrected chi connectivity index (χ2v) is 3.43. The van der Waals surface area contributed by atoms with Gasteiger partial charge in [0, 0.05) is 20.6 Å². The van der Waals surface area contributed by atoms with Crippen molar-refractivity contribution in [2.45, 2.75) is 6.54 Å². The highest BCUT2D eigenvalue weighted by Crippen LogP contribution is 2.18. The predicted molar refractivity (Wildman–Crippen MR) is 56.7 cm³/mol. The molecule has 2 aromatic rings. The average Bonchev–Trinajstić information content (AvgIpc) is 2.62. The Morgan fingerprint density at radius 2 is 2.13 bits per heavy atom. The summed E-state index contributed by atoms with van der Waals surface area (Å²) in [5.74, 6) is 0.789. The van der Waals surface area contributed by atoms with Crippen molar-refractivity contribution in [2.24, 2.45) is 0 Å². The Balaban J connectivity index is 2.58. The van der Waals surface area contributed by atoms with E-state index in [4.69, 9.17) is 5.11 Å². The predicted octanol–water partition coefficient (Wildman–Crippen LogP) is -0.115. The number of aliphatic hydroxyl groups is 1. The van der Waals surface area contributed by atoms with Crippen molar-refractivity contribution in [1.82, 2.24) is 19.5 Å². The van der Waals surface area contributed by atoms with Gasteiger partial charge >= 0.3 is 0 Å². The first-order valence-corrected chi connectivity index (χ1v) is 4.68. The van der Waals surface area contributed by atoms with Gasteiger partial charge in [0.1, 0.15) is 6.33 Å². The molecule has 0 fully saturated rings. The first-order chi connectivity index (χ1) is 7.24. The van der Waals surface area contributed by atoms with Crippen molar-refractivity contribution in [3.05, 3.63) is 12.7 Å². The first kappa shape index (κ1) is 9.85. The van der Waals surface area contributed by atoms with Crippen molar-refractivity contribution in [2.75, 3.05) is 25.6 Å². The van der Waals surface area contributed by atoms with E-state index in [1.54, 1.807) is 6.33 Å². The summed E-state index contributed by atoms with van der Waals surface area (Å²) in [6.45, 7) is 0.577. The molecule has 0 atom stereocenters. The maximum atomic E-state index is 8.87. The first-order valence-electron chi connectivity index (χ1n) is 4.68. The molecule has 0 saturated heterocycles. The summed E-state index contributed by atoms with van der Waals surface area (Å²) >= 11 is 0. The van der Waals surface area contributed by atoms with Crippen LogP contribution in [0.5, 0.6) is 0 Å². The van der Waals surface area contributed by atoms with Gasteiger partial charge in [0.05, 0.1) is 12.9 Å². The summed E-state index contributed by atoms with van der Waals surface area (Å²) in [7, 11) is 3.82. The van der Waals surface area contributed by atoms with Crippen LogP contribution >= 0.6 is 0 Å². The molecule has 1 N–H and O–H groups in total. The molecule has 15 heavy (non-hydrogen) atoms. The molecular weight excluding hydrogens is 194 g/mol. The summed E-state index contributed by atoms with van der Waals surface area (Å²) in [4.78, 5) is 14.4. The molecule has 2 heterocycles. The van der Waals surface area contributed by atoms with E-state index in [1.165, 1.54) is 6.33 Å². The van der Waals surface area contributed by atoms with E-state index in [9.17, 15) is 0 Å². The number of anilines is 1. The SMILES string of the molecule is CN(C)c1ncnc2c1ncn2CCO. The minimum absolute atomic E-state index is 0.0762. The molecule has 0 aliphatic carbocycles. The molecule has 0 radical (unpaired) electrons. The molecule has 2 rings (SSSR count). The number of fused-ring (bicyclic) bond motifs is 1. The Kier molecular flexibility index (Phi) is 2.51. The van der Waals surface area contributed by atoms with Crippen LogP contribution in [0, 0.1) is 0 Å². The third kappa shape index (κ3) is 1.63. The van der Waals surface area contributed by atoms with E-state index < -0.39 is 0 Å². The Morgan fingerprint density at radius 1 is 1.33 bits per heavy atom. The summed E-state index contributed by atoms with van der Waals surface area (Å²) in [6, 6.07) is 0. The smallest absolute Gasteiger partial charge is 0.165 e. The zero-order valence-corrected chi connectivity index (χ0v) is 8.75. The number of hydrogen-bond donors (Lipinski definition) is 1. The van der Waals surface area contributed by atoms with Gasteiger partial charge in [-0.15, -0.1) is 0 Å². The maximum absolute atomic E-state index is 8.87. The molecule has 6 nitrogen and oxygen atoms in total. The second kappa shape index (κ2) is 3.82. The summed E-state index contributed by atoms with van der Waals surface area (Å²) in [5.41, 5.74) is 1.51. The molecule has 0 bridgehead atoms. The van der Waals surface area contributed by atoms with Gasteiger partial charge in [0.2, 0.25) is 0 Å². The Morgan fingerprint density at radius 3 is 2.80 bits per heavy atom. The van der Waals surface area contributed by atoms with Crippen molar-refractivity contribution < 1.29 is 5.11 Å². The molecule has 0 aliphatic heterocycles. The number of aromatic nitrogens is 4. The lowest BCUT2D eigenvalue weighted by molar-refractivity contribution is 0.277. The highest BCUT2D eigenvalue weighted by molar-refractivity contribution is 5.82. The van der Waals surface area contributed by atoms with E-state index in [0.717, 1.165) is 17.0 Å². The van der Waals surface area contributed by atoms with Crippen molar-refractivity contribution in [1.29, 1.82) is 0 Å². The summed E-state index contributed by atoms with van der Waals surface area (Å²) < 4.78 is 1.81. The fourth-order valence-corrected chi connectivity index (χ4v) is 1.47. The average molecular weight is 207 g/mol. The number of aliphatic hydroxyl groups excluding tert-OH is 1. The maximum Gasteiger partial charge on any atom is 0.165 e. The Labute approximate surface area is 87.2 Å². The molecule has 0 spiro atoms. The number of hydrogen-bond acceptors (Lipinski definition) is 5. The van der Waals surface area contributed by atoms with Crippen LogP contribution in [0.15, 0.2) is 12.7 Å². The third-order valence-electron chi connectivity index (χ3n) is 2.15. The second-order valence-electron chi connectivity index (χ2n) is 3.43. The van der Waals surface area contributed by atoms with Crippen LogP contribution < -0.4 is 4.90 Å². The number of nitrogens with zero attached hydrogens (tertiary/aromatic N) is 5. The lowest BCUT2D eigenvalue weighted by atomic mass is 10.4. The molecular formula is C9H13N5O. The van der Waals surface area contributed by atoms with Crippen LogP contribution in [0.25, 0.3) is 11.2 Å². The minimum atomic E-state index is 0.0762.